The van der Waals surface area contributed by atoms with E-state index in [1.165, 1.54) is 30.5 Å². The molecular weight excluding hydrogens is 383 g/mol. The van der Waals surface area contributed by atoms with Gasteiger partial charge in [-0.15, -0.1) is 0 Å². The summed E-state index contributed by atoms with van der Waals surface area (Å²) >= 11 is 11.6. The third-order valence-electron chi connectivity index (χ3n) is 3.10. The van der Waals surface area contributed by atoms with Crippen molar-refractivity contribution in [3.05, 3.63) is 73.8 Å². The largest absolute Gasteiger partial charge is 0.343 e. The molecule has 0 atom stereocenters. The molecule has 2 aromatic rings. The predicted octanol–water partition coefficient (Wildman–Crippen LogP) is 2.78. The lowest BCUT2D eigenvalue weighted by molar-refractivity contribution is -0.384. The molecule has 8 nitrogen and oxygen atoms in total. The van der Waals surface area contributed by atoms with Gasteiger partial charge in [-0.2, -0.15) is 5.10 Å². The smallest absolute Gasteiger partial charge is 0.288 e. The average Bonchev–Trinajstić information content (AvgIpc) is 2.61. The first kappa shape index (κ1) is 19.4. The number of nitro groups is 1. The average molecular weight is 395 g/mol. The Bertz CT molecular complexity index is 886. The summed E-state index contributed by atoms with van der Waals surface area (Å²) in [6, 6.07) is 10.5. The second kappa shape index (κ2) is 8.93. The summed E-state index contributed by atoms with van der Waals surface area (Å²) in [5.41, 5.74) is 2.55. The number of benzene rings is 2. The van der Waals surface area contributed by atoms with Crippen molar-refractivity contribution in [1.82, 2.24) is 10.7 Å². The van der Waals surface area contributed by atoms with Gasteiger partial charge in [0.15, 0.2) is 0 Å². The van der Waals surface area contributed by atoms with Gasteiger partial charge in [-0.25, -0.2) is 5.43 Å². The minimum atomic E-state index is -0.623. The first-order valence-electron chi connectivity index (χ1n) is 7.17. The zero-order chi connectivity index (χ0) is 19.1. The Morgan fingerprint density at radius 2 is 1.88 bits per heavy atom. The molecule has 0 aliphatic carbocycles. The first-order chi connectivity index (χ1) is 12.4. The quantitative estimate of drug-likeness (QED) is 0.445. The number of nitrogens with zero attached hydrogens (tertiary/aromatic N) is 2. The Morgan fingerprint density at radius 1 is 1.15 bits per heavy atom. The van der Waals surface area contributed by atoms with Crippen LogP contribution in [0.5, 0.6) is 0 Å². The van der Waals surface area contributed by atoms with E-state index in [9.17, 15) is 19.7 Å². The van der Waals surface area contributed by atoms with Crippen LogP contribution in [-0.4, -0.2) is 29.5 Å². The van der Waals surface area contributed by atoms with Gasteiger partial charge in [-0.05, 0) is 18.2 Å². The van der Waals surface area contributed by atoms with Gasteiger partial charge < -0.3 is 5.32 Å². The summed E-state index contributed by atoms with van der Waals surface area (Å²) in [6.45, 7) is -0.317. The second-order valence-corrected chi connectivity index (χ2v) is 5.74. The van der Waals surface area contributed by atoms with E-state index in [1.54, 1.807) is 18.2 Å². The van der Waals surface area contributed by atoms with Gasteiger partial charge in [0, 0.05) is 11.6 Å². The van der Waals surface area contributed by atoms with Crippen LogP contribution in [-0.2, 0) is 4.79 Å². The first-order valence-corrected chi connectivity index (χ1v) is 7.92. The van der Waals surface area contributed by atoms with Crippen LogP contribution in [0.1, 0.15) is 15.9 Å². The van der Waals surface area contributed by atoms with Crippen LogP contribution in [0.15, 0.2) is 47.6 Å². The number of carbonyl (C=O) groups excluding carboxylic acids is 2. The minimum absolute atomic E-state index is 0.00142. The molecule has 0 aliphatic heterocycles. The molecule has 134 valence electrons. The van der Waals surface area contributed by atoms with Crippen LogP contribution in [0, 0.1) is 10.1 Å². The topological polar surface area (TPSA) is 114 Å². The molecular formula is C16H12Cl2N4O4. The number of nitro benzene ring substituents is 1. The maximum atomic E-state index is 11.9. The molecule has 0 bridgehead atoms. The van der Waals surface area contributed by atoms with Crippen LogP contribution >= 0.6 is 23.2 Å². The van der Waals surface area contributed by atoms with Crippen molar-refractivity contribution in [2.45, 2.75) is 0 Å². The number of hydrogen-bond acceptors (Lipinski definition) is 5. The van der Waals surface area contributed by atoms with Gasteiger partial charge in [0.1, 0.15) is 5.02 Å². The third-order valence-corrected chi connectivity index (χ3v) is 3.75. The highest BCUT2D eigenvalue weighted by Crippen LogP contribution is 2.24. The number of hydrazone groups is 1. The summed E-state index contributed by atoms with van der Waals surface area (Å²) in [5.74, 6) is -1.08. The Kier molecular flexibility index (Phi) is 6.65. The highest BCUT2D eigenvalue weighted by atomic mass is 35.5. The molecule has 0 saturated carbocycles. The Labute approximate surface area is 157 Å². The molecule has 0 heterocycles. The lowest BCUT2D eigenvalue weighted by Gasteiger charge is -2.05. The van der Waals surface area contributed by atoms with Crippen LogP contribution in [0.25, 0.3) is 0 Å². The monoisotopic (exact) mass is 394 g/mol. The van der Waals surface area contributed by atoms with Gasteiger partial charge in [-0.1, -0.05) is 41.4 Å². The van der Waals surface area contributed by atoms with Crippen molar-refractivity contribution in [2.75, 3.05) is 6.54 Å². The van der Waals surface area contributed by atoms with E-state index in [1.807, 2.05) is 0 Å². The van der Waals surface area contributed by atoms with E-state index in [-0.39, 0.29) is 27.8 Å². The zero-order valence-electron chi connectivity index (χ0n) is 13.1. The number of halogens is 2. The fourth-order valence-corrected chi connectivity index (χ4v) is 2.28. The molecule has 26 heavy (non-hydrogen) atoms. The van der Waals surface area contributed by atoms with Gasteiger partial charge >= 0.3 is 0 Å². The van der Waals surface area contributed by atoms with E-state index < -0.39 is 16.7 Å². The van der Waals surface area contributed by atoms with E-state index in [0.717, 1.165) is 0 Å². The maximum absolute atomic E-state index is 11.9. The van der Waals surface area contributed by atoms with E-state index in [0.29, 0.717) is 5.56 Å². The number of hydrogen-bond donors (Lipinski definition) is 2. The third kappa shape index (κ3) is 5.27. The minimum Gasteiger partial charge on any atom is -0.343 e. The number of nitrogens with one attached hydrogen (secondary N) is 2. The molecule has 2 aromatic carbocycles. The fourth-order valence-electron chi connectivity index (χ4n) is 1.87. The van der Waals surface area contributed by atoms with Crippen molar-refractivity contribution in [1.29, 1.82) is 0 Å². The van der Waals surface area contributed by atoms with Gasteiger partial charge in [0.2, 0.25) is 0 Å². The molecule has 0 aromatic heterocycles. The molecule has 2 rings (SSSR count). The summed E-state index contributed by atoms with van der Waals surface area (Å²) in [6.07, 6.45) is 1.22. The zero-order valence-corrected chi connectivity index (χ0v) is 14.6. The predicted molar refractivity (Wildman–Crippen MR) is 97.6 cm³/mol. The molecule has 0 spiro atoms. The summed E-state index contributed by atoms with van der Waals surface area (Å²) in [5, 5.41) is 17.1. The molecule has 0 saturated heterocycles. The van der Waals surface area contributed by atoms with Crippen LogP contribution in [0.4, 0.5) is 5.69 Å². The van der Waals surface area contributed by atoms with Crippen molar-refractivity contribution in [3.63, 3.8) is 0 Å². The number of amides is 2. The van der Waals surface area contributed by atoms with Gasteiger partial charge in [0.25, 0.3) is 17.5 Å². The Balaban J connectivity index is 1.88. The van der Waals surface area contributed by atoms with Crippen LogP contribution in [0.3, 0.4) is 0 Å². The Morgan fingerprint density at radius 3 is 2.58 bits per heavy atom. The molecule has 0 unspecified atom stereocenters. The highest BCUT2D eigenvalue weighted by molar-refractivity contribution is 6.34. The highest BCUT2D eigenvalue weighted by Gasteiger charge is 2.12. The van der Waals surface area contributed by atoms with E-state index in [4.69, 9.17) is 23.2 Å². The molecule has 0 fully saturated rings. The van der Waals surface area contributed by atoms with Gasteiger partial charge in [0.05, 0.1) is 28.3 Å². The molecule has 0 radical (unpaired) electrons. The molecule has 2 amide bonds. The van der Waals surface area contributed by atoms with Crippen molar-refractivity contribution >= 4 is 46.9 Å². The second-order valence-electron chi connectivity index (χ2n) is 4.92. The summed E-state index contributed by atoms with van der Waals surface area (Å²) < 4.78 is 0. The lowest BCUT2D eigenvalue weighted by Crippen LogP contribution is -2.35. The molecule has 0 aliphatic rings. The Hall–Kier alpha value is -2.97. The van der Waals surface area contributed by atoms with Gasteiger partial charge in [-0.3, -0.25) is 19.7 Å². The van der Waals surface area contributed by atoms with Crippen LogP contribution < -0.4 is 10.7 Å². The standard InChI is InChI=1S/C16H12Cl2N4O4/c17-12-4-2-1-3-11(12)16(24)19-9-15(23)21-20-8-10-5-6-13(18)14(7-10)22(25)26/h1-8H,9H2,(H,19,24)(H,21,23)/b20-8-. The SMILES string of the molecule is O=C(CNC(=O)c1ccccc1Cl)N/N=C\c1ccc(Cl)c([N+](=O)[O-])c1. The number of carbonyl (C=O) groups is 2. The van der Waals surface area contributed by atoms with Crippen molar-refractivity contribution < 1.29 is 14.5 Å². The van der Waals surface area contributed by atoms with Crippen LogP contribution in [0.2, 0.25) is 10.0 Å². The maximum Gasteiger partial charge on any atom is 0.288 e. The summed E-state index contributed by atoms with van der Waals surface area (Å²) in [4.78, 5) is 33.8. The summed E-state index contributed by atoms with van der Waals surface area (Å²) in [7, 11) is 0. The fraction of sp³-hybridized carbons (Fsp3) is 0.0625. The number of rotatable bonds is 6. The van der Waals surface area contributed by atoms with E-state index in [2.05, 4.69) is 15.8 Å². The normalized spacial score (nSPS) is 10.5. The lowest BCUT2D eigenvalue weighted by atomic mass is 10.2. The van der Waals surface area contributed by atoms with Crippen molar-refractivity contribution in [2.24, 2.45) is 5.10 Å². The van der Waals surface area contributed by atoms with Crippen molar-refractivity contribution in [3.8, 4) is 0 Å². The van der Waals surface area contributed by atoms with E-state index >= 15 is 0 Å². The molecule has 2 N–H and O–H groups in total. The molecule has 10 heteroatoms.